The number of thioether (sulfide) groups is 1. The lowest BCUT2D eigenvalue weighted by Gasteiger charge is -2.12. The second-order valence-corrected chi connectivity index (χ2v) is 8.38. The zero-order valence-electron chi connectivity index (χ0n) is 17.4. The SMILES string of the molecule is CCOc1ccc(-n2c(SCc3nnc(C(C)C)o3)nnc2-c2ccccc2Cl)cc1. The minimum Gasteiger partial charge on any atom is -0.494 e. The van der Waals surface area contributed by atoms with Crippen LogP contribution in [0.15, 0.2) is 58.1 Å². The third-order valence-electron chi connectivity index (χ3n) is 4.46. The molecule has 2 aromatic carbocycles. The minimum absolute atomic E-state index is 0.186. The standard InChI is InChI=1S/C22H22ClN5O2S/c1-4-29-16-11-9-15(10-12-16)28-20(17-7-5-6-8-18(17)23)25-27-22(28)31-13-19-24-26-21(30-19)14(2)3/h5-12,14H,4,13H2,1-3H3. The maximum absolute atomic E-state index is 6.46. The van der Waals surface area contributed by atoms with Gasteiger partial charge in [0.2, 0.25) is 11.8 Å². The summed E-state index contributed by atoms with van der Waals surface area (Å²) in [6.07, 6.45) is 0. The van der Waals surface area contributed by atoms with E-state index in [9.17, 15) is 0 Å². The van der Waals surface area contributed by atoms with Gasteiger partial charge in [0.1, 0.15) is 5.75 Å². The second kappa shape index (κ2) is 9.53. The van der Waals surface area contributed by atoms with Crippen molar-refractivity contribution in [3.8, 4) is 22.8 Å². The molecule has 0 amide bonds. The van der Waals surface area contributed by atoms with Gasteiger partial charge in [-0.05, 0) is 43.3 Å². The van der Waals surface area contributed by atoms with E-state index >= 15 is 0 Å². The predicted octanol–water partition coefficient (Wildman–Crippen LogP) is 5.79. The molecule has 0 aliphatic rings. The Morgan fingerprint density at radius 2 is 1.81 bits per heavy atom. The summed E-state index contributed by atoms with van der Waals surface area (Å²) in [4.78, 5) is 0. The zero-order chi connectivity index (χ0) is 21.8. The molecule has 4 aromatic rings. The number of benzene rings is 2. The van der Waals surface area contributed by atoms with E-state index in [0.29, 0.717) is 40.1 Å². The van der Waals surface area contributed by atoms with Crippen LogP contribution in [-0.2, 0) is 5.75 Å². The highest BCUT2D eigenvalue weighted by Gasteiger charge is 2.19. The van der Waals surface area contributed by atoms with E-state index in [2.05, 4.69) is 20.4 Å². The van der Waals surface area contributed by atoms with Gasteiger partial charge in [0.15, 0.2) is 11.0 Å². The Morgan fingerprint density at radius 1 is 1.03 bits per heavy atom. The first kappa shape index (κ1) is 21.4. The van der Waals surface area contributed by atoms with Crippen molar-refractivity contribution < 1.29 is 9.15 Å². The highest BCUT2D eigenvalue weighted by atomic mass is 35.5. The molecule has 0 saturated carbocycles. The normalized spacial score (nSPS) is 11.3. The molecule has 0 aliphatic heterocycles. The summed E-state index contributed by atoms with van der Waals surface area (Å²) in [6.45, 7) is 6.60. The Bertz CT molecular complexity index is 1160. The van der Waals surface area contributed by atoms with Crippen LogP contribution in [0.1, 0.15) is 38.5 Å². The highest BCUT2D eigenvalue weighted by Crippen LogP contribution is 2.33. The van der Waals surface area contributed by atoms with Gasteiger partial charge in [0, 0.05) is 17.2 Å². The third kappa shape index (κ3) is 4.75. The zero-order valence-corrected chi connectivity index (χ0v) is 19.0. The van der Waals surface area contributed by atoms with Crippen LogP contribution in [0, 0.1) is 0 Å². The number of halogens is 1. The molecule has 4 rings (SSSR count). The minimum atomic E-state index is 0.186. The molecule has 0 unspecified atom stereocenters. The van der Waals surface area contributed by atoms with Crippen LogP contribution < -0.4 is 4.74 Å². The average Bonchev–Trinajstić information content (AvgIpc) is 3.41. The van der Waals surface area contributed by atoms with Crippen LogP contribution in [0.3, 0.4) is 0 Å². The van der Waals surface area contributed by atoms with Gasteiger partial charge in [0.25, 0.3) is 0 Å². The summed E-state index contributed by atoms with van der Waals surface area (Å²) in [5.41, 5.74) is 1.71. The summed E-state index contributed by atoms with van der Waals surface area (Å²) < 4.78 is 13.3. The molecular weight excluding hydrogens is 434 g/mol. The van der Waals surface area contributed by atoms with Crippen molar-refractivity contribution in [2.24, 2.45) is 0 Å². The Balaban J connectivity index is 1.70. The lowest BCUT2D eigenvalue weighted by molar-refractivity contribution is 0.340. The first-order valence-corrected chi connectivity index (χ1v) is 11.3. The molecule has 0 fully saturated rings. The van der Waals surface area contributed by atoms with E-state index in [1.165, 1.54) is 11.8 Å². The fraction of sp³-hybridized carbons (Fsp3) is 0.273. The van der Waals surface area contributed by atoms with E-state index in [1.807, 2.05) is 73.9 Å². The van der Waals surface area contributed by atoms with Gasteiger partial charge in [-0.3, -0.25) is 4.57 Å². The molecule has 0 spiro atoms. The maximum atomic E-state index is 6.46. The Kier molecular flexibility index (Phi) is 6.58. The molecule has 0 N–H and O–H groups in total. The molecule has 9 heteroatoms. The van der Waals surface area contributed by atoms with Crippen molar-refractivity contribution in [1.29, 1.82) is 0 Å². The van der Waals surface area contributed by atoms with Crippen molar-refractivity contribution in [2.75, 3.05) is 6.61 Å². The van der Waals surface area contributed by atoms with Gasteiger partial charge in [-0.25, -0.2) is 0 Å². The number of nitrogens with zero attached hydrogens (tertiary/aromatic N) is 5. The van der Waals surface area contributed by atoms with Crippen molar-refractivity contribution in [2.45, 2.75) is 37.6 Å². The molecule has 7 nitrogen and oxygen atoms in total. The largest absolute Gasteiger partial charge is 0.494 e. The topological polar surface area (TPSA) is 78.9 Å². The predicted molar refractivity (Wildman–Crippen MR) is 121 cm³/mol. The second-order valence-electron chi connectivity index (χ2n) is 7.03. The first-order valence-electron chi connectivity index (χ1n) is 9.95. The van der Waals surface area contributed by atoms with Crippen molar-refractivity contribution >= 4 is 23.4 Å². The summed E-state index contributed by atoms with van der Waals surface area (Å²) in [5, 5.41) is 18.4. The van der Waals surface area contributed by atoms with Crippen LogP contribution in [0.2, 0.25) is 5.02 Å². The van der Waals surface area contributed by atoms with E-state index < -0.39 is 0 Å². The quantitative estimate of drug-likeness (QED) is 0.311. The number of rotatable bonds is 8. The van der Waals surface area contributed by atoms with Crippen LogP contribution in [0.5, 0.6) is 5.75 Å². The van der Waals surface area contributed by atoms with Crippen LogP contribution in [0.25, 0.3) is 17.1 Å². The van der Waals surface area contributed by atoms with Gasteiger partial charge in [-0.1, -0.05) is 49.3 Å². The van der Waals surface area contributed by atoms with Crippen LogP contribution in [0.4, 0.5) is 0 Å². The number of ether oxygens (including phenoxy) is 1. The van der Waals surface area contributed by atoms with Gasteiger partial charge in [-0.15, -0.1) is 20.4 Å². The van der Waals surface area contributed by atoms with E-state index in [0.717, 1.165) is 17.0 Å². The van der Waals surface area contributed by atoms with E-state index in [-0.39, 0.29) is 5.92 Å². The van der Waals surface area contributed by atoms with Gasteiger partial charge in [0.05, 0.1) is 17.4 Å². The molecule has 0 saturated heterocycles. The smallest absolute Gasteiger partial charge is 0.226 e. The summed E-state index contributed by atoms with van der Waals surface area (Å²) in [5.74, 6) is 3.31. The molecule has 0 aliphatic carbocycles. The third-order valence-corrected chi connectivity index (χ3v) is 5.70. The fourth-order valence-corrected chi connectivity index (χ4v) is 3.96. The molecule has 0 atom stereocenters. The van der Waals surface area contributed by atoms with Crippen molar-refractivity contribution in [1.82, 2.24) is 25.0 Å². The number of hydrogen-bond donors (Lipinski definition) is 0. The average molecular weight is 456 g/mol. The molecule has 2 aromatic heterocycles. The molecule has 31 heavy (non-hydrogen) atoms. The van der Waals surface area contributed by atoms with E-state index in [4.69, 9.17) is 20.8 Å². The number of aromatic nitrogens is 5. The lowest BCUT2D eigenvalue weighted by atomic mass is 10.2. The summed E-state index contributed by atoms with van der Waals surface area (Å²) >= 11 is 7.93. The Labute approximate surface area is 189 Å². The first-order chi connectivity index (χ1) is 15.1. The van der Waals surface area contributed by atoms with Crippen molar-refractivity contribution in [3.63, 3.8) is 0 Å². The summed E-state index contributed by atoms with van der Waals surface area (Å²) in [6, 6.07) is 15.4. The molecular formula is C22H22ClN5O2S. The summed E-state index contributed by atoms with van der Waals surface area (Å²) in [7, 11) is 0. The maximum Gasteiger partial charge on any atom is 0.226 e. The van der Waals surface area contributed by atoms with Crippen LogP contribution in [-0.4, -0.2) is 31.6 Å². The molecule has 160 valence electrons. The molecule has 2 heterocycles. The van der Waals surface area contributed by atoms with Crippen LogP contribution >= 0.6 is 23.4 Å². The van der Waals surface area contributed by atoms with Crippen molar-refractivity contribution in [3.05, 3.63) is 65.3 Å². The van der Waals surface area contributed by atoms with Gasteiger partial charge in [-0.2, -0.15) is 0 Å². The van der Waals surface area contributed by atoms with Gasteiger partial charge >= 0.3 is 0 Å². The van der Waals surface area contributed by atoms with E-state index in [1.54, 1.807) is 0 Å². The monoisotopic (exact) mass is 455 g/mol. The Morgan fingerprint density at radius 3 is 2.48 bits per heavy atom. The fourth-order valence-electron chi connectivity index (χ4n) is 2.96. The lowest BCUT2D eigenvalue weighted by Crippen LogP contribution is -2.01. The number of hydrogen-bond acceptors (Lipinski definition) is 7. The van der Waals surface area contributed by atoms with Gasteiger partial charge < -0.3 is 9.15 Å². The molecule has 0 radical (unpaired) electrons. The molecule has 0 bridgehead atoms. The highest BCUT2D eigenvalue weighted by molar-refractivity contribution is 7.98. The Hall–Kier alpha value is -2.84.